The lowest BCUT2D eigenvalue weighted by Crippen LogP contribution is -2.47. The normalized spacial score (nSPS) is 16.5. The molecule has 1 saturated carbocycles. The molecule has 4 nitrogen and oxygen atoms in total. The number of ether oxygens (including phenoxy) is 1. The Bertz CT molecular complexity index is 539. The number of guanidine groups is 1. The predicted molar refractivity (Wildman–Crippen MR) is 108 cm³/mol. The van der Waals surface area contributed by atoms with E-state index in [2.05, 4.69) is 60.7 Å². The van der Waals surface area contributed by atoms with Crippen molar-refractivity contribution < 1.29 is 4.74 Å². The van der Waals surface area contributed by atoms with Crippen LogP contribution in [0.3, 0.4) is 0 Å². The van der Waals surface area contributed by atoms with Crippen LogP contribution in [0.2, 0.25) is 0 Å². The molecule has 0 unspecified atom stereocenters. The van der Waals surface area contributed by atoms with Gasteiger partial charge in [-0.2, -0.15) is 0 Å². The lowest BCUT2D eigenvalue weighted by molar-refractivity contribution is 0.0268. The van der Waals surface area contributed by atoms with Gasteiger partial charge in [-0.1, -0.05) is 24.3 Å². The van der Waals surface area contributed by atoms with Gasteiger partial charge >= 0.3 is 0 Å². The fourth-order valence-corrected chi connectivity index (χ4v) is 2.70. The van der Waals surface area contributed by atoms with Crippen LogP contribution in [-0.2, 0) is 10.2 Å². The number of halogens is 1. The van der Waals surface area contributed by atoms with Crippen LogP contribution in [0.4, 0.5) is 0 Å². The number of hydrogen-bond donors (Lipinski definition) is 2. The maximum atomic E-state index is 5.43. The van der Waals surface area contributed by atoms with Crippen molar-refractivity contribution in [1.82, 2.24) is 10.6 Å². The summed E-state index contributed by atoms with van der Waals surface area (Å²) in [6.07, 6.45) is 2.48. The van der Waals surface area contributed by atoms with Gasteiger partial charge in [-0.3, -0.25) is 4.99 Å². The molecule has 0 aromatic heterocycles. The summed E-state index contributed by atoms with van der Waals surface area (Å²) in [5.74, 6) is 0.838. The van der Waals surface area contributed by atoms with E-state index in [1.165, 1.54) is 24.0 Å². The Morgan fingerprint density at radius 3 is 2.43 bits per heavy atom. The van der Waals surface area contributed by atoms with Crippen molar-refractivity contribution >= 4 is 29.9 Å². The summed E-state index contributed by atoms with van der Waals surface area (Å²) >= 11 is 0. The zero-order chi connectivity index (χ0) is 16.2. The molecule has 0 atom stereocenters. The van der Waals surface area contributed by atoms with E-state index < -0.39 is 0 Å². The third-order valence-corrected chi connectivity index (χ3v) is 4.62. The molecule has 5 heteroatoms. The first-order valence-electron chi connectivity index (χ1n) is 7.98. The van der Waals surface area contributed by atoms with Crippen molar-refractivity contribution in [1.29, 1.82) is 0 Å². The Kier molecular flexibility index (Phi) is 7.32. The maximum Gasteiger partial charge on any atom is 0.191 e. The summed E-state index contributed by atoms with van der Waals surface area (Å²) in [6.45, 7) is 7.96. The molecule has 0 amide bonds. The second kappa shape index (κ2) is 8.33. The maximum absolute atomic E-state index is 5.43. The summed E-state index contributed by atoms with van der Waals surface area (Å²) in [6, 6.07) is 8.70. The number of aliphatic imine (C=N–C) groups is 1. The summed E-state index contributed by atoms with van der Waals surface area (Å²) in [5.41, 5.74) is 2.92. The first-order valence-corrected chi connectivity index (χ1v) is 7.98. The van der Waals surface area contributed by atoms with Gasteiger partial charge in [-0.05, 0) is 44.7 Å². The van der Waals surface area contributed by atoms with E-state index >= 15 is 0 Å². The Balaban J connectivity index is 0.00000264. The number of rotatable bonds is 6. The van der Waals surface area contributed by atoms with E-state index in [-0.39, 0.29) is 35.0 Å². The minimum absolute atomic E-state index is 0. The van der Waals surface area contributed by atoms with E-state index in [0.29, 0.717) is 0 Å². The molecular formula is C18H30IN3O. The minimum atomic E-state index is -0.203. The molecule has 0 saturated heterocycles. The van der Waals surface area contributed by atoms with Crippen molar-refractivity contribution in [2.75, 3.05) is 27.2 Å². The minimum Gasteiger partial charge on any atom is -0.377 e. The highest BCUT2D eigenvalue weighted by atomic mass is 127. The molecule has 2 N–H and O–H groups in total. The Morgan fingerprint density at radius 2 is 1.91 bits per heavy atom. The van der Waals surface area contributed by atoms with Crippen molar-refractivity contribution in [2.24, 2.45) is 4.99 Å². The highest BCUT2D eigenvalue weighted by molar-refractivity contribution is 14.0. The third-order valence-electron chi connectivity index (χ3n) is 4.62. The second-order valence-electron chi connectivity index (χ2n) is 6.84. The topological polar surface area (TPSA) is 45.7 Å². The van der Waals surface area contributed by atoms with Crippen LogP contribution in [0.15, 0.2) is 29.3 Å². The highest BCUT2D eigenvalue weighted by Gasteiger charge is 2.44. The van der Waals surface area contributed by atoms with Gasteiger partial charge in [0.15, 0.2) is 5.96 Å². The molecule has 130 valence electrons. The fraction of sp³-hybridized carbons (Fsp3) is 0.611. The summed E-state index contributed by atoms with van der Waals surface area (Å²) in [7, 11) is 3.54. The molecule has 0 radical (unpaired) electrons. The standard InChI is InChI=1S/C18H29N3O.HI/c1-14-8-6-7-9-15(14)18(10-11-18)13-21-16(19-4)20-12-17(2,3)22-5;/h6-9H,10-13H2,1-5H3,(H2,19,20,21);1H. The number of aryl methyl sites for hydroxylation is 1. The first kappa shape index (κ1) is 20.2. The van der Waals surface area contributed by atoms with Crippen LogP contribution in [-0.4, -0.2) is 38.8 Å². The molecule has 0 heterocycles. The van der Waals surface area contributed by atoms with Crippen LogP contribution in [0.5, 0.6) is 0 Å². The summed E-state index contributed by atoms with van der Waals surface area (Å²) < 4.78 is 5.43. The van der Waals surface area contributed by atoms with Crippen LogP contribution in [0, 0.1) is 6.92 Å². The Labute approximate surface area is 157 Å². The van der Waals surface area contributed by atoms with E-state index in [4.69, 9.17) is 4.74 Å². The van der Waals surface area contributed by atoms with Gasteiger partial charge < -0.3 is 15.4 Å². The molecule has 1 fully saturated rings. The number of methoxy groups -OCH3 is 1. The average Bonchev–Trinajstić information content (AvgIpc) is 3.29. The van der Waals surface area contributed by atoms with Gasteiger partial charge in [-0.15, -0.1) is 24.0 Å². The van der Waals surface area contributed by atoms with Crippen molar-refractivity contribution in [3.05, 3.63) is 35.4 Å². The van der Waals surface area contributed by atoms with Crippen LogP contribution >= 0.6 is 24.0 Å². The average molecular weight is 431 g/mol. The molecule has 1 aliphatic rings. The van der Waals surface area contributed by atoms with Crippen molar-refractivity contribution in [2.45, 2.75) is 44.6 Å². The molecule has 2 rings (SSSR count). The van der Waals surface area contributed by atoms with Gasteiger partial charge in [0, 0.05) is 32.7 Å². The number of hydrogen-bond acceptors (Lipinski definition) is 2. The molecule has 0 aliphatic heterocycles. The number of benzene rings is 1. The van der Waals surface area contributed by atoms with Gasteiger partial charge in [0.2, 0.25) is 0 Å². The van der Waals surface area contributed by atoms with Crippen molar-refractivity contribution in [3.8, 4) is 0 Å². The van der Waals surface area contributed by atoms with Crippen LogP contribution < -0.4 is 10.6 Å². The number of nitrogens with one attached hydrogen (secondary N) is 2. The predicted octanol–water partition coefficient (Wildman–Crippen LogP) is 3.23. The lowest BCUT2D eigenvalue weighted by atomic mass is 9.92. The van der Waals surface area contributed by atoms with Gasteiger partial charge in [0.1, 0.15) is 0 Å². The molecule has 0 spiro atoms. The second-order valence-corrected chi connectivity index (χ2v) is 6.84. The lowest BCUT2D eigenvalue weighted by Gasteiger charge is -2.25. The van der Waals surface area contributed by atoms with E-state index in [1.54, 1.807) is 7.11 Å². The molecule has 1 aromatic rings. The van der Waals surface area contributed by atoms with E-state index in [0.717, 1.165) is 19.0 Å². The summed E-state index contributed by atoms with van der Waals surface area (Å²) in [5, 5.41) is 6.82. The largest absolute Gasteiger partial charge is 0.377 e. The highest BCUT2D eigenvalue weighted by Crippen LogP contribution is 2.48. The SMILES string of the molecule is CN=C(NCC(C)(C)OC)NCC1(c2ccccc2C)CC1.I. The van der Waals surface area contributed by atoms with Gasteiger partial charge in [0.05, 0.1) is 5.60 Å². The van der Waals surface area contributed by atoms with E-state index in [9.17, 15) is 0 Å². The first-order chi connectivity index (χ1) is 10.4. The monoisotopic (exact) mass is 431 g/mol. The quantitative estimate of drug-likeness (QED) is 0.413. The Morgan fingerprint density at radius 1 is 1.26 bits per heavy atom. The van der Waals surface area contributed by atoms with E-state index in [1.807, 2.05) is 7.05 Å². The molecular weight excluding hydrogens is 401 g/mol. The summed E-state index contributed by atoms with van der Waals surface area (Å²) in [4.78, 5) is 4.31. The number of nitrogens with zero attached hydrogens (tertiary/aromatic N) is 1. The molecule has 0 bridgehead atoms. The molecule has 1 aromatic carbocycles. The third kappa shape index (κ3) is 5.35. The molecule has 23 heavy (non-hydrogen) atoms. The van der Waals surface area contributed by atoms with Gasteiger partial charge in [0.25, 0.3) is 0 Å². The Hall–Kier alpha value is -0.820. The van der Waals surface area contributed by atoms with Crippen LogP contribution in [0.25, 0.3) is 0 Å². The zero-order valence-electron chi connectivity index (χ0n) is 14.9. The molecule has 1 aliphatic carbocycles. The van der Waals surface area contributed by atoms with Crippen molar-refractivity contribution in [3.63, 3.8) is 0 Å². The van der Waals surface area contributed by atoms with Gasteiger partial charge in [-0.25, -0.2) is 0 Å². The van der Waals surface area contributed by atoms with Crippen LogP contribution in [0.1, 0.15) is 37.8 Å². The zero-order valence-corrected chi connectivity index (χ0v) is 17.2. The fourth-order valence-electron chi connectivity index (χ4n) is 2.70. The smallest absolute Gasteiger partial charge is 0.191 e.